The number of benzene rings is 2. The predicted molar refractivity (Wildman–Crippen MR) is 127 cm³/mol. The summed E-state index contributed by atoms with van der Waals surface area (Å²) in [5, 5.41) is 4.06. The van der Waals surface area contributed by atoms with Crippen LogP contribution in [-0.4, -0.2) is 35.7 Å². The fourth-order valence-electron chi connectivity index (χ4n) is 4.52. The Morgan fingerprint density at radius 3 is 2.48 bits per heavy atom. The van der Waals surface area contributed by atoms with E-state index >= 15 is 0 Å². The summed E-state index contributed by atoms with van der Waals surface area (Å²) in [5.74, 6) is 0.779. The van der Waals surface area contributed by atoms with Gasteiger partial charge in [-0.2, -0.15) is 0 Å². The highest BCUT2D eigenvalue weighted by Crippen LogP contribution is 2.33. The summed E-state index contributed by atoms with van der Waals surface area (Å²) >= 11 is 6.54. The largest absolute Gasteiger partial charge is 0.340 e. The Morgan fingerprint density at radius 1 is 1.16 bits per heavy atom. The molecular weight excluding hydrogens is 413 g/mol. The zero-order chi connectivity index (χ0) is 22.1. The highest BCUT2D eigenvalue weighted by molar-refractivity contribution is 6.31. The third kappa shape index (κ3) is 4.43. The molecule has 4 rings (SSSR count). The first-order valence-electron chi connectivity index (χ1n) is 11.1. The molecule has 2 aromatic carbocycles. The molecule has 0 bridgehead atoms. The number of halogens is 2. The van der Waals surface area contributed by atoms with Crippen LogP contribution >= 0.6 is 11.6 Å². The first-order valence-corrected chi connectivity index (χ1v) is 11.4. The lowest BCUT2D eigenvalue weighted by Gasteiger charge is -2.29. The minimum Gasteiger partial charge on any atom is -0.340 e. The topological polar surface area (TPSA) is 59.1 Å². The molecule has 0 saturated carbocycles. The van der Waals surface area contributed by atoms with Gasteiger partial charge in [0.05, 0.1) is 17.6 Å². The SMILES string of the molecule is CCC[C@H](N)c1cc(Cl)cc2c1nc(N1CCNCC1)n2Cc1cc(C)c(F)c(C)c1. The molecule has 3 N–H and O–H groups in total. The van der Waals surface area contributed by atoms with Gasteiger partial charge in [0.1, 0.15) is 5.82 Å². The van der Waals surface area contributed by atoms with Crippen molar-refractivity contribution in [2.24, 2.45) is 5.73 Å². The normalized spacial score (nSPS) is 15.6. The third-order valence-electron chi connectivity index (χ3n) is 6.06. The molecule has 1 aliphatic rings. The van der Waals surface area contributed by atoms with E-state index in [9.17, 15) is 4.39 Å². The van der Waals surface area contributed by atoms with Crippen LogP contribution in [0.5, 0.6) is 0 Å². The lowest BCUT2D eigenvalue weighted by Crippen LogP contribution is -2.44. The summed E-state index contributed by atoms with van der Waals surface area (Å²) in [4.78, 5) is 7.40. The molecule has 31 heavy (non-hydrogen) atoms. The predicted octanol–water partition coefficient (Wildman–Crippen LogP) is 4.70. The average Bonchev–Trinajstić information content (AvgIpc) is 3.10. The maximum Gasteiger partial charge on any atom is 0.206 e. The molecular formula is C24H31ClFN5. The standard InChI is InChI=1S/C24H31ClFN5/c1-4-5-20(27)19-12-18(25)13-21-23(19)29-24(30-8-6-28-7-9-30)31(21)14-17-10-15(2)22(26)16(3)11-17/h10-13,20,28H,4-9,14,27H2,1-3H3/t20-/m0/s1. The molecule has 1 aliphatic heterocycles. The molecule has 0 spiro atoms. The fraction of sp³-hybridized carbons (Fsp3) is 0.458. The summed E-state index contributed by atoms with van der Waals surface area (Å²) < 4.78 is 16.4. The van der Waals surface area contributed by atoms with E-state index in [0.29, 0.717) is 22.7 Å². The van der Waals surface area contributed by atoms with Crippen molar-refractivity contribution in [2.45, 2.75) is 46.2 Å². The van der Waals surface area contributed by atoms with Crippen molar-refractivity contribution in [1.82, 2.24) is 14.9 Å². The number of nitrogens with zero attached hydrogens (tertiary/aromatic N) is 3. The molecule has 166 valence electrons. The van der Waals surface area contributed by atoms with E-state index in [1.54, 1.807) is 0 Å². The third-order valence-corrected chi connectivity index (χ3v) is 6.28. The number of anilines is 1. The quantitative estimate of drug-likeness (QED) is 0.579. The second kappa shape index (κ2) is 9.15. The second-order valence-electron chi connectivity index (χ2n) is 8.54. The van der Waals surface area contributed by atoms with Gasteiger partial charge in [-0.25, -0.2) is 9.37 Å². The lowest BCUT2D eigenvalue weighted by molar-refractivity contribution is 0.571. The van der Waals surface area contributed by atoms with E-state index in [1.807, 2.05) is 38.1 Å². The Hall–Kier alpha value is -2.15. The number of nitrogens with one attached hydrogen (secondary N) is 1. The van der Waals surface area contributed by atoms with Crippen LogP contribution in [-0.2, 0) is 6.54 Å². The molecule has 1 saturated heterocycles. The number of piperazine rings is 1. The van der Waals surface area contributed by atoms with E-state index < -0.39 is 0 Å². The second-order valence-corrected chi connectivity index (χ2v) is 8.97. The van der Waals surface area contributed by atoms with Crippen LogP contribution in [0.2, 0.25) is 5.02 Å². The van der Waals surface area contributed by atoms with Gasteiger partial charge in [0, 0.05) is 37.2 Å². The number of rotatable bonds is 6. The number of hydrogen-bond acceptors (Lipinski definition) is 4. The zero-order valence-electron chi connectivity index (χ0n) is 18.5. The number of fused-ring (bicyclic) bond motifs is 1. The van der Waals surface area contributed by atoms with Gasteiger partial charge < -0.3 is 20.5 Å². The smallest absolute Gasteiger partial charge is 0.206 e. The van der Waals surface area contributed by atoms with Crippen LogP contribution < -0.4 is 16.0 Å². The fourth-order valence-corrected chi connectivity index (χ4v) is 4.74. The molecule has 1 aromatic heterocycles. The van der Waals surface area contributed by atoms with Crippen molar-refractivity contribution in [3.05, 3.63) is 57.4 Å². The number of hydrogen-bond donors (Lipinski definition) is 2. The van der Waals surface area contributed by atoms with Gasteiger partial charge in [-0.05, 0) is 54.7 Å². The van der Waals surface area contributed by atoms with Gasteiger partial charge in [-0.15, -0.1) is 0 Å². The van der Waals surface area contributed by atoms with Crippen LogP contribution in [0, 0.1) is 19.7 Å². The highest BCUT2D eigenvalue weighted by Gasteiger charge is 2.23. The molecule has 1 atom stereocenters. The number of nitrogens with two attached hydrogens (primary N) is 1. The van der Waals surface area contributed by atoms with Crippen molar-refractivity contribution in [2.75, 3.05) is 31.1 Å². The summed E-state index contributed by atoms with van der Waals surface area (Å²) in [6.45, 7) is 9.96. The van der Waals surface area contributed by atoms with Crippen LogP contribution in [0.1, 0.15) is 48.1 Å². The number of imidazole rings is 1. The van der Waals surface area contributed by atoms with Crippen molar-refractivity contribution in [1.29, 1.82) is 0 Å². The van der Waals surface area contributed by atoms with Crippen molar-refractivity contribution >= 4 is 28.6 Å². The minimum atomic E-state index is -0.141. The van der Waals surface area contributed by atoms with E-state index in [2.05, 4.69) is 21.7 Å². The summed E-state index contributed by atoms with van der Waals surface area (Å²) in [7, 11) is 0. The van der Waals surface area contributed by atoms with E-state index in [0.717, 1.165) is 67.1 Å². The maximum absolute atomic E-state index is 14.2. The molecule has 7 heteroatoms. The number of aromatic nitrogens is 2. The van der Waals surface area contributed by atoms with Gasteiger partial charge in [0.25, 0.3) is 0 Å². The Labute approximate surface area is 188 Å². The van der Waals surface area contributed by atoms with Crippen molar-refractivity contribution in [3.63, 3.8) is 0 Å². The lowest BCUT2D eigenvalue weighted by atomic mass is 10.0. The monoisotopic (exact) mass is 443 g/mol. The van der Waals surface area contributed by atoms with Gasteiger partial charge in [0.15, 0.2) is 0 Å². The minimum absolute atomic E-state index is 0.110. The Kier molecular flexibility index (Phi) is 6.51. The number of aryl methyl sites for hydroxylation is 2. The molecule has 1 fully saturated rings. The Morgan fingerprint density at radius 2 is 1.84 bits per heavy atom. The molecule has 5 nitrogen and oxygen atoms in total. The Bertz CT molecular complexity index is 1060. The van der Waals surface area contributed by atoms with E-state index in [4.69, 9.17) is 22.3 Å². The van der Waals surface area contributed by atoms with Gasteiger partial charge in [-0.1, -0.05) is 37.1 Å². The van der Waals surface area contributed by atoms with Crippen molar-refractivity contribution < 1.29 is 4.39 Å². The Balaban J connectivity index is 1.88. The van der Waals surface area contributed by atoms with Crippen LogP contribution in [0.15, 0.2) is 24.3 Å². The molecule has 0 unspecified atom stereocenters. The summed E-state index contributed by atoms with van der Waals surface area (Å²) in [6, 6.07) is 7.66. The van der Waals surface area contributed by atoms with Crippen LogP contribution in [0.3, 0.4) is 0 Å². The maximum atomic E-state index is 14.2. The van der Waals surface area contributed by atoms with Crippen molar-refractivity contribution in [3.8, 4) is 0 Å². The van der Waals surface area contributed by atoms with E-state index in [1.165, 1.54) is 0 Å². The molecule has 2 heterocycles. The average molecular weight is 444 g/mol. The molecule has 0 aliphatic carbocycles. The van der Waals surface area contributed by atoms with Gasteiger partial charge in [-0.3, -0.25) is 0 Å². The van der Waals surface area contributed by atoms with Crippen LogP contribution in [0.25, 0.3) is 11.0 Å². The van der Waals surface area contributed by atoms with Crippen LogP contribution in [0.4, 0.5) is 10.3 Å². The highest BCUT2D eigenvalue weighted by atomic mass is 35.5. The first-order chi connectivity index (χ1) is 14.9. The molecule has 0 amide bonds. The molecule has 0 radical (unpaired) electrons. The summed E-state index contributed by atoms with van der Waals surface area (Å²) in [5.41, 5.74) is 11.8. The molecule has 3 aromatic rings. The summed E-state index contributed by atoms with van der Waals surface area (Å²) in [6.07, 6.45) is 1.87. The zero-order valence-corrected chi connectivity index (χ0v) is 19.3. The first kappa shape index (κ1) is 22.1. The van der Waals surface area contributed by atoms with Gasteiger partial charge in [0.2, 0.25) is 5.95 Å². The van der Waals surface area contributed by atoms with Gasteiger partial charge >= 0.3 is 0 Å². The van der Waals surface area contributed by atoms with E-state index in [-0.39, 0.29) is 11.9 Å².